The molecule has 1 aromatic carbocycles. The fourth-order valence-electron chi connectivity index (χ4n) is 3.22. The average molecular weight is 311 g/mol. The van der Waals surface area contributed by atoms with Gasteiger partial charge in [-0.25, -0.2) is 0 Å². The molecule has 2 fully saturated rings. The predicted octanol–water partition coefficient (Wildman–Crippen LogP) is 2.44. The lowest BCUT2D eigenvalue weighted by Gasteiger charge is -2.35. The summed E-state index contributed by atoms with van der Waals surface area (Å²) in [5.74, 6) is 0. The Labute approximate surface area is 131 Å². The Morgan fingerprint density at radius 3 is 2.81 bits per heavy atom. The molecule has 2 atom stereocenters. The Bertz CT molecular complexity index is 471. The normalized spacial score (nSPS) is 24.6. The van der Waals surface area contributed by atoms with Crippen LogP contribution in [0.15, 0.2) is 18.2 Å². The van der Waals surface area contributed by atoms with Crippen LogP contribution < -0.4 is 10.2 Å². The van der Waals surface area contributed by atoms with Crippen LogP contribution >= 0.6 is 11.6 Å². The zero-order valence-electron chi connectivity index (χ0n) is 12.5. The summed E-state index contributed by atoms with van der Waals surface area (Å²) < 4.78 is 11.0. The van der Waals surface area contributed by atoms with E-state index in [1.807, 2.05) is 12.1 Å². The van der Waals surface area contributed by atoms with Crippen molar-refractivity contribution < 1.29 is 9.47 Å². The third-order valence-electron chi connectivity index (χ3n) is 4.26. The van der Waals surface area contributed by atoms with Crippen LogP contribution in [0.3, 0.4) is 0 Å². The number of nitrogens with zero attached hydrogens (tertiary/aromatic N) is 1. The molecule has 2 aliphatic rings. The van der Waals surface area contributed by atoms with Gasteiger partial charge >= 0.3 is 0 Å². The van der Waals surface area contributed by atoms with Crippen molar-refractivity contribution in [2.45, 2.75) is 31.6 Å². The molecule has 21 heavy (non-hydrogen) atoms. The predicted molar refractivity (Wildman–Crippen MR) is 85.1 cm³/mol. The van der Waals surface area contributed by atoms with Gasteiger partial charge < -0.3 is 19.7 Å². The molecule has 2 aliphatic heterocycles. The van der Waals surface area contributed by atoms with Crippen molar-refractivity contribution in [3.05, 3.63) is 28.8 Å². The molecular weight excluding hydrogens is 288 g/mol. The largest absolute Gasteiger partial charge is 0.383 e. The van der Waals surface area contributed by atoms with Gasteiger partial charge in [-0.2, -0.15) is 0 Å². The fourth-order valence-corrected chi connectivity index (χ4v) is 3.45. The van der Waals surface area contributed by atoms with Crippen LogP contribution in [0.1, 0.15) is 18.4 Å². The molecule has 0 radical (unpaired) electrons. The summed E-state index contributed by atoms with van der Waals surface area (Å²) >= 11 is 6.42. The zero-order valence-corrected chi connectivity index (χ0v) is 13.2. The molecule has 1 N–H and O–H groups in total. The van der Waals surface area contributed by atoms with E-state index >= 15 is 0 Å². The lowest BCUT2D eigenvalue weighted by molar-refractivity contribution is 0.0304. The molecule has 3 rings (SSSR count). The number of methoxy groups -OCH3 is 1. The minimum absolute atomic E-state index is 0.386. The van der Waals surface area contributed by atoms with E-state index in [1.165, 1.54) is 24.1 Å². The highest BCUT2D eigenvalue weighted by molar-refractivity contribution is 6.31. The van der Waals surface area contributed by atoms with E-state index in [4.69, 9.17) is 21.1 Å². The smallest absolute Gasteiger partial charge is 0.0755 e. The molecule has 2 saturated heterocycles. The second-order valence-corrected chi connectivity index (χ2v) is 6.18. The SMILES string of the molecule is COCCNCc1c(Cl)cccc1N1CC2CCC(C1)O2. The van der Waals surface area contributed by atoms with Crippen LogP contribution in [0.25, 0.3) is 0 Å². The molecule has 0 saturated carbocycles. The first-order valence-electron chi connectivity index (χ1n) is 7.65. The van der Waals surface area contributed by atoms with Crippen molar-refractivity contribution in [1.29, 1.82) is 0 Å². The van der Waals surface area contributed by atoms with Crippen molar-refractivity contribution in [2.75, 3.05) is 38.3 Å². The number of fused-ring (bicyclic) bond motifs is 2. The first-order chi connectivity index (χ1) is 10.3. The number of morpholine rings is 1. The quantitative estimate of drug-likeness (QED) is 0.818. The Hall–Kier alpha value is -0.810. The van der Waals surface area contributed by atoms with Crippen LogP contribution in [0.4, 0.5) is 5.69 Å². The van der Waals surface area contributed by atoms with Crippen molar-refractivity contribution >= 4 is 17.3 Å². The molecule has 2 bridgehead atoms. The number of halogens is 1. The highest BCUT2D eigenvalue weighted by Crippen LogP contribution is 2.33. The Morgan fingerprint density at radius 1 is 1.33 bits per heavy atom. The van der Waals surface area contributed by atoms with E-state index in [-0.39, 0.29) is 0 Å². The van der Waals surface area contributed by atoms with Gasteiger partial charge in [0.25, 0.3) is 0 Å². The number of nitrogens with one attached hydrogen (secondary N) is 1. The lowest BCUT2D eigenvalue weighted by Crippen LogP contribution is -2.43. The van der Waals surface area contributed by atoms with Crippen molar-refractivity contribution in [3.8, 4) is 0 Å². The van der Waals surface area contributed by atoms with Crippen LogP contribution in [-0.4, -0.2) is 45.6 Å². The average Bonchev–Trinajstić information content (AvgIpc) is 2.83. The number of anilines is 1. The van der Waals surface area contributed by atoms with Gasteiger partial charge in [0, 0.05) is 49.6 Å². The first kappa shape index (κ1) is 15.1. The summed E-state index contributed by atoms with van der Waals surface area (Å²) in [7, 11) is 1.71. The monoisotopic (exact) mass is 310 g/mol. The highest BCUT2D eigenvalue weighted by Gasteiger charge is 2.34. The fraction of sp³-hybridized carbons (Fsp3) is 0.625. The summed E-state index contributed by atoms with van der Waals surface area (Å²) in [5, 5.41) is 4.22. The molecule has 2 heterocycles. The summed E-state index contributed by atoms with van der Waals surface area (Å²) in [4.78, 5) is 2.44. The molecule has 1 aromatic rings. The maximum atomic E-state index is 6.42. The molecule has 4 nitrogen and oxygen atoms in total. The number of benzene rings is 1. The van der Waals surface area contributed by atoms with E-state index in [1.54, 1.807) is 7.11 Å². The second kappa shape index (κ2) is 6.97. The van der Waals surface area contributed by atoms with Crippen molar-refractivity contribution in [3.63, 3.8) is 0 Å². The third kappa shape index (κ3) is 3.51. The summed E-state index contributed by atoms with van der Waals surface area (Å²) in [5.41, 5.74) is 2.42. The van der Waals surface area contributed by atoms with E-state index in [9.17, 15) is 0 Å². The van der Waals surface area contributed by atoms with E-state index in [0.29, 0.717) is 18.8 Å². The van der Waals surface area contributed by atoms with Gasteiger partial charge in [-0.1, -0.05) is 17.7 Å². The van der Waals surface area contributed by atoms with Gasteiger partial charge in [0.15, 0.2) is 0 Å². The number of hydrogen-bond acceptors (Lipinski definition) is 4. The first-order valence-corrected chi connectivity index (χ1v) is 8.03. The topological polar surface area (TPSA) is 33.7 Å². The van der Waals surface area contributed by atoms with Crippen LogP contribution in [0, 0.1) is 0 Å². The maximum absolute atomic E-state index is 6.42. The molecule has 2 unspecified atom stereocenters. The number of rotatable bonds is 6. The maximum Gasteiger partial charge on any atom is 0.0755 e. The van der Waals surface area contributed by atoms with Crippen LogP contribution in [0.5, 0.6) is 0 Å². The third-order valence-corrected chi connectivity index (χ3v) is 4.62. The van der Waals surface area contributed by atoms with Gasteiger partial charge in [-0.05, 0) is 25.0 Å². The minimum atomic E-state index is 0.386. The van der Waals surface area contributed by atoms with E-state index < -0.39 is 0 Å². The number of ether oxygens (including phenoxy) is 2. The van der Waals surface area contributed by atoms with Crippen molar-refractivity contribution in [1.82, 2.24) is 5.32 Å². The van der Waals surface area contributed by atoms with Gasteiger partial charge in [0.05, 0.1) is 18.8 Å². The van der Waals surface area contributed by atoms with Crippen molar-refractivity contribution in [2.24, 2.45) is 0 Å². The molecule has 0 amide bonds. The molecular formula is C16H23ClN2O2. The van der Waals surface area contributed by atoms with Gasteiger partial charge in [0.1, 0.15) is 0 Å². The van der Waals surface area contributed by atoms with Gasteiger partial charge in [-0.15, -0.1) is 0 Å². The van der Waals surface area contributed by atoms with E-state index in [0.717, 1.165) is 31.2 Å². The molecule has 0 aliphatic carbocycles. The minimum Gasteiger partial charge on any atom is -0.383 e. The molecule has 0 aromatic heterocycles. The van der Waals surface area contributed by atoms with Crippen LogP contribution in [0.2, 0.25) is 5.02 Å². The summed E-state index contributed by atoms with van der Waals surface area (Å²) in [6, 6.07) is 6.17. The molecule has 116 valence electrons. The highest BCUT2D eigenvalue weighted by atomic mass is 35.5. The van der Waals surface area contributed by atoms with Gasteiger partial charge in [0.2, 0.25) is 0 Å². The Morgan fingerprint density at radius 2 is 2.10 bits per heavy atom. The molecule has 5 heteroatoms. The zero-order chi connectivity index (χ0) is 14.7. The Kier molecular flexibility index (Phi) is 5.01. The second-order valence-electron chi connectivity index (χ2n) is 5.77. The number of hydrogen-bond donors (Lipinski definition) is 1. The van der Waals surface area contributed by atoms with Crippen LogP contribution in [-0.2, 0) is 16.0 Å². The van der Waals surface area contributed by atoms with E-state index in [2.05, 4.69) is 16.3 Å². The lowest BCUT2D eigenvalue weighted by atomic mass is 10.1. The standard InChI is InChI=1S/C16H23ClN2O2/c1-20-8-7-18-9-14-15(17)3-2-4-16(14)19-10-12-5-6-13(11-19)21-12/h2-4,12-13,18H,5-11H2,1H3. The summed E-state index contributed by atoms with van der Waals surface area (Å²) in [6.07, 6.45) is 3.14. The summed E-state index contributed by atoms with van der Waals surface area (Å²) in [6.45, 7) is 4.26. The molecule has 0 spiro atoms. The Balaban J connectivity index is 1.73. The van der Waals surface area contributed by atoms with Gasteiger partial charge in [-0.3, -0.25) is 0 Å².